The van der Waals surface area contributed by atoms with Crippen LogP contribution in [0.15, 0.2) is 18.3 Å². The lowest BCUT2D eigenvalue weighted by atomic mass is 10.2. The summed E-state index contributed by atoms with van der Waals surface area (Å²) in [6.45, 7) is 0.484. The van der Waals surface area contributed by atoms with Crippen LogP contribution in [0.4, 0.5) is 30.8 Å². The molecule has 0 spiro atoms. The Hall–Kier alpha value is -3.37. The standard InChI is InChI=1S/C20H20F3N7O/c21-10-5-13(22)17(14(23)6-10)28-20-27-15-9-25-19(26-11-7-16(31)24-8-11)29-18(15)30(20)12-3-1-2-4-12/h5-6,9,11-12H,1-4,7-8H2,(H,24,31)(H,27,28)(H,25,26,29). The Bertz CT molecular complexity index is 1140. The van der Waals surface area contributed by atoms with E-state index in [1.165, 1.54) is 6.20 Å². The number of rotatable bonds is 5. The van der Waals surface area contributed by atoms with E-state index in [1.807, 2.05) is 4.57 Å². The average Bonchev–Trinajstić information content (AvgIpc) is 3.44. The normalized spacial score (nSPS) is 19.2. The van der Waals surface area contributed by atoms with Crippen molar-refractivity contribution in [2.45, 2.75) is 44.2 Å². The van der Waals surface area contributed by atoms with Crippen LogP contribution in [-0.4, -0.2) is 38.0 Å². The summed E-state index contributed by atoms with van der Waals surface area (Å²) in [5.41, 5.74) is 0.508. The molecule has 8 nitrogen and oxygen atoms in total. The van der Waals surface area contributed by atoms with Crippen LogP contribution in [0, 0.1) is 17.5 Å². The van der Waals surface area contributed by atoms with E-state index in [0.717, 1.165) is 25.7 Å². The molecule has 1 aromatic carbocycles. The number of aromatic nitrogens is 4. The summed E-state index contributed by atoms with van der Waals surface area (Å²) in [6, 6.07) is 1.17. The smallest absolute Gasteiger partial charge is 0.225 e. The van der Waals surface area contributed by atoms with Crippen molar-refractivity contribution < 1.29 is 18.0 Å². The first-order valence-corrected chi connectivity index (χ1v) is 10.2. The highest BCUT2D eigenvalue weighted by Gasteiger charge is 2.26. The van der Waals surface area contributed by atoms with Crippen LogP contribution in [0.2, 0.25) is 0 Å². The van der Waals surface area contributed by atoms with Crippen LogP contribution in [0.5, 0.6) is 0 Å². The van der Waals surface area contributed by atoms with Crippen molar-refractivity contribution in [3.8, 4) is 0 Å². The van der Waals surface area contributed by atoms with Gasteiger partial charge in [-0.3, -0.25) is 9.36 Å². The highest BCUT2D eigenvalue weighted by atomic mass is 19.1. The van der Waals surface area contributed by atoms with Crippen molar-refractivity contribution in [3.05, 3.63) is 35.8 Å². The van der Waals surface area contributed by atoms with Gasteiger partial charge in [-0.1, -0.05) is 12.8 Å². The lowest BCUT2D eigenvalue weighted by Gasteiger charge is -2.17. The third-order valence-corrected chi connectivity index (χ3v) is 5.68. The molecule has 2 fully saturated rings. The van der Waals surface area contributed by atoms with Gasteiger partial charge in [-0.05, 0) is 12.8 Å². The minimum absolute atomic E-state index is 0.0376. The Labute approximate surface area is 175 Å². The van der Waals surface area contributed by atoms with Gasteiger partial charge in [0.15, 0.2) is 17.3 Å². The van der Waals surface area contributed by atoms with Gasteiger partial charge in [-0.2, -0.15) is 4.98 Å². The lowest BCUT2D eigenvalue weighted by molar-refractivity contribution is -0.119. The molecule has 0 bridgehead atoms. The molecule has 1 atom stereocenters. The molecule has 5 rings (SSSR count). The maximum absolute atomic E-state index is 14.2. The molecule has 1 unspecified atom stereocenters. The topological polar surface area (TPSA) is 96.8 Å². The molecule has 31 heavy (non-hydrogen) atoms. The van der Waals surface area contributed by atoms with Gasteiger partial charge in [0.1, 0.15) is 17.0 Å². The zero-order valence-electron chi connectivity index (χ0n) is 16.5. The Morgan fingerprint density at radius 1 is 1.10 bits per heavy atom. The lowest BCUT2D eigenvalue weighted by Crippen LogP contribution is -2.23. The fraction of sp³-hybridized carbons (Fsp3) is 0.400. The monoisotopic (exact) mass is 431 g/mol. The van der Waals surface area contributed by atoms with Gasteiger partial charge in [-0.25, -0.2) is 23.1 Å². The molecule has 0 radical (unpaired) electrons. The highest BCUT2D eigenvalue weighted by molar-refractivity contribution is 5.80. The van der Waals surface area contributed by atoms with E-state index in [1.54, 1.807) is 0 Å². The van der Waals surface area contributed by atoms with Crippen molar-refractivity contribution >= 4 is 34.7 Å². The first-order valence-electron chi connectivity index (χ1n) is 10.2. The molecule has 162 valence electrons. The van der Waals surface area contributed by atoms with Gasteiger partial charge in [0.2, 0.25) is 17.8 Å². The minimum Gasteiger partial charge on any atom is -0.354 e. The van der Waals surface area contributed by atoms with Crippen LogP contribution < -0.4 is 16.0 Å². The Kier molecular flexibility index (Phi) is 4.87. The molecule has 1 aliphatic heterocycles. The van der Waals surface area contributed by atoms with Crippen molar-refractivity contribution in [3.63, 3.8) is 0 Å². The van der Waals surface area contributed by atoms with Gasteiger partial charge < -0.3 is 16.0 Å². The van der Waals surface area contributed by atoms with Gasteiger partial charge in [0.05, 0.1) is 12.2 Å². The van der Waals surface area contributed by atoms with Gasteiger partial charge >= 0.3 is 0 Å². The average molecular weight is 431 g/mol. The number of amides is 1. The van der Waals surface area contributed by atoms with E-state index < -0.39 is 23.1 Å². The Balaban J connectivity index is 1.54. The Morgan fingerprint density at radius 2 is 1.84 bits per heavy atom. The fourth-order valence-corrected chi connectivity index (χ4v) is 4.22. The number of hydrogen-bond acceptors (Lipinski definition) is 6. The van der Waals surface area contributed by atoms with Crippen molar-refractivity contribution in [1.29, 1.82) is 0 Å². The van der Waals surface area contributed by atoms with Crippen molar-refractivity contribution in [2.75, 3.05) is 17.2 Å². The van der Waals surface area contributed by atoms with Crippen LogP contribution in [0.3, 0.4) is 0 Å². The van der Waals surface area contributed by atoms with Gasteiger partial charge in [0.25, 0.3) is 0 Å². The molecule has 2 aromatic heterocycles. The molecular formula is C20H20F3N7O. The summed E-state index contributed by atoms with van der Waals surface area (Å²) in [4.78, 5) is 24.7. The quantitative estimate of drug-likeness (QED) is 0.573. The van der Waals surface area contributed by atoms with Gasteiger partial charge in [-0.15, -0.1) is 0 Å². The highest BCUT2D eigenvalue weighted by Crippen LogP contribution is 2.36. The number of nitrogens with zero attached hydrogens (tertiary/aromatic N) is 4. The number of halogens is 3. The second-order valence-corrected chi connectivity index (χ2v) is 7.87. The number of benzene rings is 1. The zero-order chi connectivity index (χ0) is 21.5. The van der Waals surface area contributed by atoms with E-state index in [0.29, 0.717) is 42.2 Å². The van der Waals surface area contributed by atoms with Crippen LogP contribution in [0.25, 0.3) is 11.2 Å². The molecule has 1 amide bonds. The second kappa shape index (κ2) is 7.71. The summed E-state index contributed by atoms with van der Waals surface area (Å²) in [7, 11) is 0. The molecule has 11 heteroatoms. The third-order valence-electron chi connectivity index (χ3n) is 5.68. The first-order chi connectivity index (χ1) is 15.0. The molecule has 2 aliphatic rings. The van der Waals surface area contributed by atoms with Crippen LogP contribution in [0.1, 0.15) is 38.1 Å². The number of hydrogen-bond donors (Lipinski definition) is 3. The summed E-state index contributed by atoms with van der Waals surface area (Å²) in [6.07, 6.45) is 5.66. The second-order valence-electron chi connectivity index (χ2n) is 7.87. The summed E-state index contributed by atoms with van der Waals surface area (Å²) >= 11 is 0. The molecular weight excluding hydrogens is 411 g/mol. The molecule has 1 saturated heterocycles. The van der Waals surface area contributed by atoms with Gasteiger partial charge in [0, 0.05) is 31.1 Å². The van der Waals surface area contributed by atoms with E-state index >= 15 is 0 Å². The number of carbonyl (C=O) groups excluding carboxylic acids is 1. The molecule has 1 saturated carbocycles. The van der Waals surface area contributed by atoms with E-state index in [9.17, 15) is 18.0 Å². The Morgan fingerprint density at radius 3 is 2.52 bits per heavy atom. The van der Waals surface area contributed by atoms with Crippen molar-refractivity contribution in [2.24, 2.45) is 0 Å². The minimum atomic E-state index is -1.05. The molecule has 1 aliphatic carbocycles. The maximum Gasteiger partial charge on any atom is 0.225 e. The third kappa shape index (κ3) is 3.75. The van der Waals surface area contributed by atoms with E-state index in [-0.39, 0.29) is 23.9 Å². The molecule has 3 heterocycles. The van der Waals surface area contributed by atoms with Crippen LogP contribution in [-0.2, 0) is 4.79 Å². The number of imidazole rings is 1. The van der Waals surface area contributed by atoms with Crippen LogP contribution >= 0.6 is 0 Å². The largest absolute Gasteiger partial charge is 0.354 e. The maximum atomic E-state index is 14.2. The summed E-state index contributed by atoms with van der Waals surface area (Å²) in [5, 5.41) is 8.58. The first kappa shape index (κ1) is 19.6. The predicted molar refractivity (Wildman–Crippen MR) is 107 cm³/mol. The number of fused-ring (bicyclic) bond motifs is 1. The number of nitrogens with one attached hydrogen (secondary N) is 3. The zero-order valence-corrected chi connectivity index (χ0v) is 16.5. The fourth-order valence-electron chi connectivity index (χ4n) is 4.22. The van der Waals surface area contributed by atoms with E-state index in [2.05, 4.69) is 30.9 Å². The SMILES string of the molecule is O=C1CC(Nc2ncc3nc(Nc4c(F)cc(F)cc4F)n(C4CCCC4)c3n2)CN1. The van der Waals surface area contributed by atoms with Crippen molar-refractivity contribution in [1.82, 2.24) is 24.8 Å². The summed E-state index contributed by atoms with van der Waals surface area (Å²) < 4.78 is 43.6. The number of anilines is 3. The number of carbonyl (C=O) groups is 1. The molecule has 3 aromatic rings. The summed E-state index contributed by atoms with van der Waals surface area (Å²) in [5.74, 6) is -2.56. The van der Waals surface area contributed by atoms with E-state index in [4.69, 9.17) is 0 Å². The predicted octanol–water partition coefficient (Wildman–Crippen LogP) is 3.40. The molecule has 3 N–H and O–H groups in total.